The van der Waals surface area contributed by atoms with Crippen LogP contribution in [0.15, 0.2) is 54.6 Å². The first-order chi connectivity index (χ1) is 15.7. The summed E-state index contributed by atoms with van der Waals surface area (Å²) in [7, 11) is -1.94. The Hall–Kier alpha value is -2.87. The van der Waals surface area contributed by atoms with Crippen molar-refractivity contribution in [1.82, 2.24) is 10.2 Å². The van der Waals surface area contributed by atoms with Crippen molar-refractivity contribution >= 4 is 27.5 Å². The van der Waals surface area contributed by atoms with Crippen molar-refractivity contribution in [2.75, 3.05) is 30.7 Å². The molecule has 2 aromatic rings. The highest BCUT2D eigenvalue weighted by molar-refractivity contribution is 7.92. The molecule has 0 saturated carbocycles. The largest absolute Gasteiger partial charge is 0.357 e. The third-order valence-electron chi connectivity index (χ3n) is 5.68. The topological polar surface area (TPSA) is 86.8 Å². The van der Waals surface area contributed by atoms with Crippen molar-refractivity contribution in [2.45, 2.75) is 45.6 Å². The fourth-order valence-corrected chi connectivity index (χ4v) is 4.65. The molecule has 0 aliphatic heterocycles. The Morgan fingerprint density at radius 1 is 0.970 bits per heavy atom. The molecule has 7 nitrogen and oxygen atoms in total. The van der Waals surface area contributed by atoms with E-state index >= 15 is 0 Å². The summed E-state index contributed by atoms with van der Waals surface area (Å²) in [4.78, 5) is 26.9. The van der Waals surface area contributed by atoms with Gasteiger partial charge in [-0.3, -0.25) is 13.9 Å². The van der Waals surface area contributed by atoms with Gasteiger partial charge >= 0.3 is 0 Å². The van der Waals surface area contributed by atoms with Crippen LogP contribution in [-0.2, 0) is 32.5 Å². The number of anilines is 1. The standard InChI is InChI=1S/C25H35N3O4S/c1-5-21-13-15-23(16-14-21)28(33(4,31)32)18-9-12-24(29)27(20(2)25(30)26-3)19-17-22-10-7-6-8-11-22/h6-8,10-11,13-16,20H,5,9,12,17-19H2,1-4H3,(H,26,30). The third-order valence-corrected chi connectivity index (χ3v) is 6.88. The van der Waals surface area contributed by atoms with Crippen LogP contribution < -0.4 is 9.62 Å². The number of carbonyl (C=O) groups excluding carboxylic acids is 2. The summed E-state index contributed by atoms with van der Waals surface area (Å²) < 4.78 is 26.1. The highest BCUT2D eigenvalue weighted by atomic mass is 32.2. The summed E-state index contributed by atoms with van der Waals surface area (Å²) in [6.07, 6.45) is 3.17. The van der Waals surface area contributed by atoms with E-state index in [1.165, 1.54) is 10.6 Å². The number of nitrogens with one attached hydrogen (secondary N) is 1. The van der Waals surface area contributed by atoms with Crippen molar-refractivity contribution in [2.24, 2.45) is 0 Å². The highest BCUT2D eigenvalue weighted by Gasteiger charge is 2.25. The Morgan fingerprint density at radius 3 is 2.15 bits per heavy atom. The lowest BCUT2D eigenvalue weighted by Crippen LogP contribution is -2.48. The summed E-state index contributed by atoms with van der Waals surface area (Å²) in [6, 6.07) is 16.6. The molecule has 1 atom stereocenters. The molecule has 1 N–H and O–H groups in total. The lowest BCUT2D eigenvalue weighted by Gasteiger charge is -2.29. The Morgan fingerprint density at radius 2 is 1.61 bits per heavy atom. The summed E-state index contributed by atoms with van der Waals surface area (Å²) in [5.74, 6) is -0.401. The number of rotatable bonds is 12. The fourth-order valence-electron chi connectivity index (χ4n) is 3.68. The van der Waals surface area contributed by atoms with Crippen molar-refractivity contribution < 1.29 is 18.0 Å². The molecular formula is C25H35N3O4S. The van der Waals surface area contributed by atoms with Gasteiger partial charge in [0.05, 0.1) is 11.9 Å². The average Bonchev–Trinajstić information content (AvgIpc) is 2.81. The summed E-state index contributed by atoms with van der Waals surface area (Å²) in [5.41, 5.74) is 2.79. The molecule has 0 aliphatic carbocycles. The zero-order chi connectivity index (χ0) is 24.4. The Kier molecular flexibility index (Phi) is 9.91. The van der Waals surface area contributed by atoms with E-state index in [1.54, 1.807) is 31.0 Å². The van der Waals surface area contributed by atoms with Crippen LogP contribution in [0.5, 0.6) is 0 Å². The highest BCUT2D eigenvalue weighted by Crippen LogP contribution is 2.20. The van der Waals surface area contributed by atoms with Crippen molar-refractivity contribution in [3.05, 3.63) is 65.7 Å². The second kappa shape index (κ2) is 12.4. The van der Waals surface area contributed by atoms with Gasteiger partial charge in [-0.15, -0.1) is 0 Å². The van der Waals surface area contributed by atoms with Crippen LogP contribution in [0.2, 0.25) is 0 Å². The molecule has 2 amide bonds. The van der Waals surface area contributed by atoms with Gasteiger partial charge in [-0.2, -0.15) is 0 Å². The first kappa shape index (κ1) is 26.4. The van der Waals surface area contributed by atoms with Crippen molar-refractivity contribution in [1.29, 1.82) is 0 Å². The SMILES string of the molecule is CCc1ccc(N(CCCC(=O)N(CCc2ccccc2)C(C)C(=O)NC)S(C)(=O)=O)cc1. The van der Waals surface area contributed by atoms with E-state index < -0.39 is 16.1 Å². The van der Waals surface area contributed by atoms with Crippen molar-refractivity contribution in [3.63, 3.8) is 0 Å². The predicted molar refractivity (Wildman–Crippen MR) is 133 cm³/mol. The molecule has 33 heavy (non-hydrogen) atoms. The van der Waals surface area contributed by atoms with E-state index in [2.05, 4.69) is 5.32 Å². The van der Waals surface area contributed by atoms with Gasteiger partial charge in [-0.1, -0.05) is 49.4 Å². The number of amides is 2. The number of likely N-dealkylation sites (N-methyl/N-ethyl adjacent to an activating group) is 1. The molecule has 180 valence electrons. The van der Waals surface area contributed by atoms with Gasteiger partial charge < -0.3 is 10.2 Å². The Labute approximate surface area is 197 Å². The molecule has 0 aliphatic rings. The molecule has 0 aromatic heterocycles. The number of nitrogens with zero attached hydrogens (tertiary/aromatic N) is 2. The molecule has 1 unspecified atom stereocenters. The summed E-state index contributed by atoms with van der Waals surface area (Å²) >= 11 is 0. The second-order valence-corrected chi connectivity index (χ2v) is 9.98. The first-order valence-corrected chi connectivity index (χ1v) is 13.1. The maximum Gasteiger partial charge on any atom is 0.242 e. The number of sulfonamides is 1. The zero-order valence-corrected chi connectivity index (χ0v) is 20.8. The van der Waals surface area contributed by atoms with Crippen LogP contribution >= 0.6 is 0 Å². The minimum absolute atomic E-state index is 0.148. The van der Waals surface area contributed by atoms with Gasteiger partial charge in [0.1, 0.15) is 6.04 Å². The molecule has 0 radical (unpaired) electrons. The number of aryl methyl sites for hydroxylation is 1. The Balaban J connectivity index is 2.07. The van der Waals surface area contributed by atoms with E-state index in [4.69, 9.17) is 0 Å². The van der Waals surface area contributed by atoms with Crippen LogP contribution in [-0.4, -0.2) is 57.6 Å². The molecule has 0 spiro atoms. The molecule has 0 bridgehead atoms. The monoisotopic (exact) mass is 473 g/mol. The van der Waals surface area contributed by atoms with Gasteiger partial charge in [-0.05, 0) is 49.4 Å². The molecule has 8 heteroatoms. The minimum Gasteiger partial charge on any atom is -0.357 e. The van der Waals surface area contributed by atoms with E-state index in [1.807, 2.05) is 49.4 Å². The van der Waals surface area contributed by atoms with Gasteiger partial charge in [0.15, 0.2) is 0 Å². The van der Waals surface area contributed by atoms with Crippen LogP contribution in [0.1, 0.15) is 37.8 Å². The zero-order valence-electron chi connectivity index (χ0n) is 20.0. The molecule has 2 rings (SSSR count). The Bertz CT molecular complexity index is 1010. The molecular weight excluding hydrogens is 438 g/mol. The fraction of sp³-hybridized carbons (Fsp3) is 0.440. The number of hydrogen-bond acceptors (Lipinski definition) is 4. The van der Waals surface area contributed by atoms with Crippen LogP contribution in [0.4, 0.5) is 5.69 Å². The lowest BCUT2D eigenvalue weighted by molar-refractivity contribution is -0.139. The normalized spacial score (nSPS) is 12.1. The average molecular weight is 474 g/mol. The van der Waals surface area contributed by atoms with Gasteiger partial charge in [-0.25, -0.2) is 8.42 Å². The predicted octanol–water partition coefficient (Wildman–Crippen LogP) is 3.00. The lowest BCUT2D eigenvalue weighted by atomic mass is 10.1. The van der Waals surface area contributed by atoms with Gasteiger partial charge in [0, 0.05) is 26.6 Å². The maximum atomic E-state index is 13.1. The number of carbonyl (C=O) groups is 2. The summed E-state index contributed by atoms with van der Waals surface area (Å²) in [6.45, 7) is 4.35. The molecule has 0 heterocycles. The maximum absolute atomic E-state index is 13.1. The van der Waals surface area contributed by atoms with E-state index in [0.717, 1.165) is 17.5 Å². The second-order valence-electron chi connectivity index (χ2n) is 8.07. The number of hydrogen-bond donors (Lipinski definition) is 1. The van der Waals surface area contributed by atoms with Crippen LogP contribution in [0, 0.1) is 0 Å². The van der Waals surface area contributed by atoms with E-state index in [-0.39, 0.29) is 24.8 Å². The third kappa shape index (κ3) is 7.89. The van der Waals surface area contributed by atoms with Gasteiger partial charge in [0.2, 0.25) is 21.8 Å². The smallest absolute Gasteiger partial charge is 0.242 e. The minimum atomic E-state index is -3.49. The first-order valence-electron chi connectivity index (χ1n) is 11.3. The van der Waals surface area contributed by atoms with Crippen LogP contribution in [0.25, 0.3) is 0 Å². The number of benzene rings is 2. The summed E-state index contributed by atoms with van der Waals surface area (Å²) in [5, 5.41) is 2.60. The van der Waals surface area contributed by atoms with Crippen LogP contribution in [0.3, 0.4) is 0 Å². The van der Waals surface area contributed by atoms with Crippen molar-refractivity contribution in [3.8, 4) is 0 Å². The molecule has 2 aromatic carbocycles. The van der Waals surface area contributed by atoms with Gasteiger partial charge in [0.25, 0.3) is 0 Å². The quantitative estimate of drug-likeness (QED) is 0.513. The van der Waals surface area contributed by atoms with E-state index in [0.29, 0.717) is 25.1 Å². The van der Waals surface area contributed by atoms with E-state index in [9.17, 15) is 18.0 Å². The molecule has 0 saturated heterocycles. The molecule has 0 fully saturated rings.